The van der Waals surface area contributed by atoms with Gasteiger partial charge in [-0.15, -0.1) is 0 Å². The normalized spacial score (nSPS) is 16.3. The highest BCUT2D eigenvalue weighted by Crippen LogP contribution is 2.30. The molecule has 3 rings (SSSR count). The summed E-state index contributed by atoms with van der Waals surface area (Å²) in [4.78, 5) is 14.0. The van der Waals surface area contributed by atoms with E-state index >= 15 is 0 Å². The number of carbonyl (C=O) groups is 1. The van der Waals surface area contributed by atoms with Gasteiger partial charge in [0.25, 0.3) is 0 Å². The van der Waals surface area contributed by atoms with Crippen molar-refractivity contribution in [2.75, 3.05) is 19.7 Å². The number of hydrogen-bond acceptors (Lipinski definition) is 3. The summed E-state index contributed by atoms with van der Waals surface area (Å²) in [5, 5.41) is 16.8. The van der Waals surface area contributed by atoms with Crippen molar-refractivity contribution >= 4 is 6.03 Å². The van der Waals surface area contributed by atoms with Gasteiger partial charge in [0.1, 0.15) is 0 Å². The van der Waals surface area contributed by atoms with E-state index in [1.54, 1.807) is 4.90 Å². The molecule has 6 heteroatoms. The minimum atomic E-state index is -0.120. The van der Waals surface area contributed by atoms with Gasteiger partial charge in [0.05, 0.1) is 25.4 Å². The van der Waals surface area contributed by atoms with Crippen LogP contribution in [0.25, 0.3) is 0 Å². The Kier molecular flexibility index (Phi) is 5.71. The second-order valence-electron chi connectivity index (χ2n) is 6.39. The first-order valence-corrected chi connectivity index (χ1v) is 8.97. The number of nitrogens with one attached hydrogen (secondary N) is 1. The summed E-state index contributed by atoms with van der Waals surface area (Å²) in [7, 11) is 0. The smallest absolute Gasteiger partial charge is 0.317 e. The molecule has 1 aliphatic rings. The quantitative estimate of drug-likeness (QED) is 0.846. The lowest BCUT2D eigenvalue weighted by Crippen LogP contribution is -2.43. The van der Waals surface area contributed by atoms with Crippen molar-refractivity contribution in [3.8, 4) is 0 Å². The number of amides is 2. The van der Waals surface area contributed by atoms with Gasteiger partial charge in [-0.25, -0.2) is 4.79 Å². The van der Waals surface area contributed by atoms with Gasteiger partial charge in [-0.05, 0) is 31.7 Å². The van der Waals surface area contributed by atoms with Gasteiger partial charge in [-0.1, -0.05) is 30.3 Å². The molecule has 0 spiro atoms. The highest BCUT2D eigenvalue weighted by atomic mass is 16.3. The lowest BCUT2D eigenvalue weighted by molar-refractivity contribution is 0.176. The largest absolute Gasteiger partial charge is 0.395 e. The molecule has 1 aromatic heterocycles. The number of fused-ring (bicyclic) bond motifs is 1. The average molecular weight is 342 g/mol. The Morgan fingerprint density at radius 1 is 1.40 bits per heavy atom. The molecule has 0 saturated carbocycles. The Morgan fingerprint density at radius 2 is 2.20 bits per heavy atom. The number of likely N-dealkylation sites (N-methyl/N-ethyl adjacent to an activating group) is 1. The topological polar surface area (TPSA) is 70.4 Å². The number of rotatable bonds is 6. The molecule has 0 radical (unpaired) electrons. The first-order chi connectivity index (χ1) is 12.2. The molecule has 0 aliphatic heterocycles. The molecule has 1 aliphatic carbocycles. The van der Waals surface area contributed by atoms with Gasteiger partial charge < -0.3 is 15.3 Å². The molecule has 6 nitrogen and oxygen atoms in total. The number of hydrogen-bond donors (Lipinski definition) is 2. The predicted molar refractivity (Wildman–Crippen MR) is 96.3 cm³/mol. The minimum absolute atomic E-state index is 0.00600. The second-order valence-corrected chi connectivity index (χ2v) is 6.39. The Balaban J connectivity index is 1.73. The summed E-state index contributed by atoms with van der Waals surface area (Å²) in [6.07, 6.45) is 4.84. The molecule has 2 N–H and O–H groups in total. The zero-order valence-electron chi connectivity index (χ0n) is 14.7. The van der Waals surface area contributed by atoms with E-state index in [1.165, 1.54) is 11.3 Å². The molecule has 25 heavy (non-hydrogen) atoms. The van der Waals surface area contributed by atoms with Crippen LogP contribution in [0.15, 0.2) is 36.5 Å². The Bertz CT molecular complexity index is 699. The zero-order chi connectivity index (χ0) is 17.6. The van der Waals surface area contributed by atoms with E-state index in [9.17, 15) is 4.79 Å². The van der Waals surface area contributed by atoms with Gasteiger partial charge in [0, 0.05) is 24.3 Å². The van der Waals surface area contributed by atoms with Crippen LogP contribution in [0.5, 0.6) is 0 Å². The molecule has 1 heterocycles. The molecule has 0 bridgehead atoms. The summed E-state index contributed by atoms with van der Waals surface area (Å²) >= 11 is 0. The summed E-state index contributed by atoms with van der Waals surface area (Å²) in [5.41, 5.74) is 3.56. The fourth-order valence-electron chi connectivity index (χ4n) is 3.43. The van der Waals surface area contributed by atoms with Gasteiger partial charge in [0.15, 0.2) is 0 Å². The highest BCUT2D eigenvalue weighted by molar-refractivity contribution is 5.74. The van der Waals surface area contributed by atoms with Crippen molar-refractivity contribution < 1.29 is 9.90 Å². The fourth-order valence-corrected chi connectivity index (χ4v) is 3.43. The number of benzene rings is 1. The summed E-state index contributed by atoms with van der Waals surface area (Å²) in [5.74, 6) is 0. The molecular formula is C19H26N4O2. The number of nitrogens with zero attached hydrogens (tertiary/aromatic N) is 3. The maximum Gasteiger partial charge on any atom is 0.317 e. The first kappa shape index (κ1) is 17.5. The molecule has 0 fully saturated rings. The van der Waals surface area contributed by atoms with Gasteiger partial charge in [-0.3, -0.25) is 4.68 Å². The van der Waals surface area contributed by atoms with Crippen LogP contribution in [0.4, 0.5) is 4.79 Å². The van der Waals surface area contributed by atoms with Crippen LogP contribution in [-0.4, -0.2) is 45.5 Å². The van der Waals surface area contributed by atoms with Crippen LogP contribution in [-0.2, 0) is 13.0 Å². The second kappa shape index (κ2) is 8.16. The third-order valence-corrected chi connectivity index (χ3v) is 4.77. The van der Waals surface area contributed by atoms with Crippen molar-refractivity contribution in [2.45, 2.75) is 38.8 Å². The number of aliphatic hydroxyl groups is 1. The average Bonchev–Trinajstić information content (AvgIpc) is 3.04. The Labute approximate surface area is 148 Å². The van der Waals surface area contributed by atoms with Crippen molar-refractivity contribution in [1.29, 1.82) is 0 Å². The SMILES string of the molecule is CCN(CCO)C(=O)NC1CCCc2c1cnn2Cc1ccccc1. The third kappa shape index (κ3) is 4.02. The van der Waals surface area contributed by atoms with E-state index in [1.807, 2.05) is 36.0 Å². The molecule has 2 amide bonds. The Hall–Kier alpha value is -2.34. The lowest BCUT2D eigenvalue weighted by atomic mass is 9.93. The third-order valence-electron chi connectivity index (χ3n) is 4.77. The number of aromatic nitrogens is 2. The predicted octanol–water partition coefficient (Wildman–Crippen LogP) is 2.33. The van der Waals surface area contributed by atoms with Gasteiger partial charge in [-0.2, -0.15) is 5.10 Å². The van der Waals surface area contributed by atoms with Gasteiger partial charge >= 0.3 is 6.03 Å². The van der Waals surface area contributed by atoms with Crippen molar-refractivity contribution in [3.05, 3.63) is 53.3 Å². The fraction of sp³-hybridized carbons (Fsp3) is 0.474. The zero-order valence-corrected chi connectivity index (χ0v) is 14.7. The summed E-state index contributed by atoms with van der Waals surface area (Å²) in [6.45, 7) is 3.59. The number of aliphatic hydroxyl groups excluding tert-OH is 1. The monoisotopic (exact) mass is 342 g/mol. The van der Waals surface area contributed by atoms with Crippen LogP contribution >= 0.6 is 0 Å². The molecule has 2 aromatic rings. The highest BCUT2D eigenvalue weighted by Gasteiger charge is 2.26. The minimum Gasteiger partial charge on any atom is -0.395 e. The van der Waals surface area contributed by atoms with E-state index in [0.29, 0.717) is 13.1 Å². The maximum absolute atomic E-state index is 12.4. The van der Waals surface area contributed by atoms with E-state index in [4.69, 9.17) is 5.11 Å². The van der Waals surface area contributed by atoms with Crippen LogP contribution in [0.2, 0.25) is 0 Å². The molecular weight excluding hydrogens is 316 g/mol. The summed E-state index contributed by atoms with van der Waals surface area (Å²) < 4.78 is 2.05. The number of carbonyl (C=O) groups excluding carboxylic acids is 1. The number of urea groups is 1. The van der Waals surface area contributed by atoms with E-state index in [2.05, 4.69) is 22.5 Å². The van der Waals surface area contributed by atoms with Crippen LogP contribution in [0.3, 0.4) is 0 Å². The van der Waals surface area contributed by atoms with Crippen LogP contribution < -0.4 is 5.32 Å². The first-order valence-electron chi connectivity index (χ1n) is 8.97. The molecule has 1 atom stereocenters. The molecule has 134 valence electrons. The van der Waals surface area contributed by atoms with E-state index in [-0.39, 0.29) is 18.7 Å². The molecule has 1 aromatic carbocycles. The molecule has 0 saturated heterocycles. The standard InChI is InChI=1S/C19H26N4O2/c1-2-22(11-12-24)19(25)21-17-9-6-10-18-16(17)13-20-23(18)14-15-7-4-3-5-8-15/h3-5,7-8,13,17,24H,2,6,9-12,14H2,1H3,(H,21,25). The summed E-state index contributed by atoms with van der Waals surface area (Å²) in [6, 6.07) is 10.2. The van der Waals surface area contributed by atoms with E-state index in [0.717, 1.165) is 31.4 Å². The van der Waals surface area contributed by atoms with Crippen LogP contribution in [0.1, 0.15) is 42.6 Å². The van der Waals surface area contributed by atoms with Crippen molar-refractivity contribution in [3.63, 3.8) is 0 Å². The maximum atomic E-state index is 12.4. The van der Waals surface area contributed by atoms with Crippen LogP contribution in [0, 0.1) is 0 Å². The lowest BCUT2D eigenvalue weighted by Gasteiger charge is -2.28. The molecule has 1 unspecified atom stereocenters. The Morgan fingerprint density at radius 3 is 2.92 bits per heavy atom. The van der Waals surface area contributed by atoms with Gasteiger partial charge in [0.2, 0.25) is 0 Å². The van der Waals surface area contributed by atoms with Crippen molar-refractivity contribution in [2.24, 2.45) is 0 Å². The van der Waals surface area contributed by atoms with Crippen molar-refractivity contribution in [1.82, 2.24) is 20.0 Å². The van der Waals surface area contributed by atoms with E-state index < -0.39 is 0 Å².